The van der Waals surface area contributed by atoms with Gasteiger partial charge in [-0.05, 0) is 42.5 Å². The molecular formula is C29H25F3N6O3S2. The fourth-order valence-electron chi connectivity index (χ4n) is 4.77. The first kappa shape index (κ1) is 28.8. The normalized spacial score (nSPS) is 13.9. The van der Waals surface area contributed by atoms with Gasteiger partial charge in [-0.25, -0.2) is 4.98 Å². The zero-order valence-corrected chi connectivity index (χ0v) is 24.5. The molecular weight excluding hydrogens is 601 g/mol. The van der Waals surface area contributed by atoms with Crippen LogP contribution in [0.15, 0.2) is 81.9 Å². The van der Waals surface area contributed by atoms with E-state index < -0.39 is 11.7 Å². The number of rotatable bonds is 8. The maximum atomic E-state index is 13.2. The largest absolute Gasteiger partial charge is 0.495 e. The van der Waals surface area contributed by atoms with Crippen molar-refractivity contribution in [3.05, 3.63) is 88.6 Å². The summed E-state index contributed by atoms with van der Waals surface area (Å²) in [4.78, 5) is 21.3. The van der Waals surface area contributed by atoms with Crippen LogP contribution in [0.4, 0.5) is 18.9 Å². The average Bonchev–Trinajstić information content (AvgIpc) is 3.81. The Morgan fingerprint density at radius 1 is 1.05 bits per heavy atom. The van der Waals surface area contributed by atoms with Crippen molar-refractivity contribution in [2.45, 2.75) is 17.1 Å². The van der Waals surface area contributed by atoms with Crippen LogP contribution >= 0.6 is 23.1 Å². The molecule has 0 radical (unpaired) electrons. The van der Waals surface area contributed by atoms with Crippen LogP contribution in [-0.4, -0.2) is 63.8 Å². The van der Waals surface area contributed by atoms with E-state index in [4.69, 9.17) is 9.15 Å². The van der Waals surface area contributed by atoms with Crippen LogP contribution < -0.4 is 9.64 Å². The Balaban J connectivity index is 1.12. The summed E-state index contributed by atoms with van der Waals surface area (Å²) in [5.74, 6) is 1.98. The number of piperazine rings is 1. The first-order valence-corrected chi connectivity index (χ1v) is 15.1. The first-order valence-electron chi connectivity index (χ1n) is 13.2. The van der Waals surface area contributed by atoms with Gasteiger partial charge < -0.3 is 19.0 Å². The highest BCUT2D eigenvalue weighted by atomic mass is 32.2. The monoisotopic (exact) mass is 626 g/mol. The minimum Gasteiger partial charge on any atom is -0.495 e. The molecule has 5 aromatic rings. The molecule has 9 nitrogen and oxygen atoms in total. The lowest BCUT2D eigenvalue weighted by Crippen LogP contribution is -2.49. The van der Waals surface area contributed by atoms with Gasteiger partial charge in [0.05, 0.1) is 30.4 Å². The summed E-state index contributed by atoms with van der Waals surface area (Å²) in [7, 11) is 1.60. The highest BCUT2D eigenvalue weighted by molar-refractivity contribution is 7.98. The Labute approximate surface area is 252 Å². The summed E-state index contributed by atoms with van der Waals surface area (Å²) < 4.78 is 52.5. The number of alkyl halides is 3. The van der Waals surface area contributed by atoms with E-state index in [-0.39, 0.29) is 5.91 Å². The molecule has 1 amide bonds. The summed E-state index contributed by atoms with van der Waals surface area (Å²) in [5, 5.41) is 11.8. The van der Waals surface area contributed by atoms with Gasteiger partial charge in [0.15, 0.2) is 10.9 Å². The van der Waals surface area contributed by atoms with Crippen molar-refractivity contribution in [3.63, 3.8) is 0 Å². The number of hydrogen-bond acceptors (Lipinski definition) is 9. The van der Waals surface area contributed by atoms with Crippen LogP contribution in [0.5, 0.6) is 5.75 Å². The molecule has 1 fully saturated rings. The standard InChI is InChI=1S/C29H25F3N6O3S2/c1-40-23-9-3-2-8-22(23)38-26(24-10-5-15-41-24)34-35-28(38)43-18-25-33-21(17-42-25)27(39)37-13-11-36(12-14-37)20-7-4-6-19(16-20)29(30,31)32/h2-10,15-17H,11-14,18H2,1H3. The Hall–Kier alpha value is -4.30. The molecule has 1 aliphatic rings. The molecule has 6 rings (SSSR count). The van der Waals surface area contributed by atoms with Crippen molar-refractivity contribution in [1.29, 1.82) is 0 Å². The topological polar surface area (TPSA) is 89.5 Å². The predicted molar refractivity (Wildman–Crippen MR) is 157 cm³/mol. The highest BCUT2D eigenvalue weighted by Gasteiger charge is 2.31. The summed E-state index contributed by atoms with van der Waals surface area (Å²) in [5.41, 5.74) is 0.902. The molecule has 0 atom stereocenters. The molecule has 43 heavy (non-hydrogen) atoms. The summed E-state index contributed by atoms with van der Waals surface area (Å²) in [6.07, 6.45) is -2.83. The van der Waals surface area contributed by atoms with Crippen molar-refractivity contribution in [2.24, 2.45) is 0 Å². The smallest absolute Gasteiger partial charge is 0.416 e. The van der Waals surface area contributed by atoms with Crippen LogP contribution in [0.25, 0.3) is 17.3 Å². The van der Waals surface area contributed by atoms with Gasteiger partial charge in [-0.1, -0.05) is 30.0 Å². The number of thioether (sulfide) groups is 1. The van der Waals surface area contributed by atoms with Gasteiger partial charge in [-0.3, -0.25) is 9.36 Å². The number of halogens is 3. The molecule has 4 heterocycles. The minimum absolute atomic E-state index is 0.200. The van der Waals surface area contributed by atoms with Gasteiger partial charge in [0.2, 0.25) is 5.82 Å². The maximum absolute atomic E-state index is 13.2. The number of thiazole rings is 1. The Morgan fingerprint density at radius 2 is 1.86 bits per heavy atom. The summed E-state index contributed by atoms with van der Waals surface area (Å²) in [6, 6.07) is 16.4. The van der Waals surface area contributed by atoms with E-state index in [9.17, 15) is 18.0 Å². The lowest BCUT2D eigenvalue weighted by Gasteiger charge is -2.36. The van der Waals surface area contributed by atoms with Crippen molar-refractivity contribution >= 4 is 34.7 Å². The molecule has 1 aliphatic heterocycles. The van der Waals surface area contributed by atoms with Gasteiger partial charge in [-0.15, -0.1) is 21.5 Å². The van der Waals surface area contributed by atoms with E-state index in [1.807, 2.05) is 39.8 Å². The van der Waals surface area contributed by atoms with Crippen LogP contribution in [0, 0.1) is 0 Å². The number of ether oxygens (including phenoxy) is 1. The van der Waals surface area contributed by atoms with Crippen molar-refractivity contribution in [1.82, 2.24) is 24.6 Å². The molecule has 0 unspecified atom stereocenters. The SMILES string of the molecule is COc1ccccc1-n1c(SCc2nc(C(=O)N3CCN(c4cccc(C(F)(F)F)c4)CC3)cs2)nnc1-c1ccco1. The second kappa shape index (κ2) is 12.1. The quantitative estimate of drug-likeness (QED) is 0.186. The Bertz CT molecular complexity index is 1710. The number of benzene rings is 2. The van der Waals surface area contributed by atoms with Gasteiger partial charge in [0.25, 0.3) is 5.91 Å². The molecule has 0 N–H and O–H groups in total. The number of anilines is 1. The van der Waals surface area contributed by atoms with E-state index >= 15 is 0 Å². The number of aromatic nitrogens is 4. The summed E-state index contributed by atoms with van der Waals surface area (Å²) in [6.45, 7) is 1.62. The van der Waals surface area contributed by atoms with Crippen molar-refractivity contribution < 1.29 is 27.1 Å². The Kier molecular flexibility index (Phi) is 8.13. The third kappa shape index (κ3) is 6.11. The number of furan rings is 1. The van der Waals surface area contributed by atoms with Crippen LogP contribution in [-0.2, 0) is 11.9 Å². The number of nitrogens with zero attached hydrogens (tertiary/aromatic N) is 6. The van der Waals surface area contributed by atoms with Gasteiger partial charge >= 0.3 is 6.18 Å². The van der Waals surface area contributed by atoms with E-state index in [1.54, 1.807) is 35.8 Å². The van der Waals surface area contributed by atoms with E-state index in [0.29, 0.717) is 65.8 Å². The molecule has 0 saturated carbocycles. The lowest BCUT2D eigenvalue weighted by atomic mass is 10.1. The van der Waals surface area contributed by atoms with Gasteiger partial charge in [0.1, 0.15) is 16.5 Å². The zero-order valence-electron chi connectivity index (χ0n) is 22.8. The summed E-state index contributed by atoms with van der Waals surface area (Å²) >= 11 is 2.80. The number of carbonyl (C=O) groups excluding carboxylic acids is 1. The van der Waals surface area contributed by atoms with Gasteiger partial charge in [0, 0.05) is 37.2 Å². The second-order valence-corrected chi connectivity index (χ2v) is 11.4. The molecule has 0 aliphatic carbocycles. The average molecular weight is 627 g/mol. The van der Waals surface area contributed by atoms with E-state index in [0.717, 1.165) is 22.8 Å². The second-order valence-electron chi connectivity index (χ2n) is 9.53. The van der Waals surface area contributed by atoms with E-state index in [2.05, 4.69) is 15.2 Å². The van der Waals surface area contributed by atoms with Crippen molar-refractivity contribution in [3.8, 4) is 23.0 Å². The molecule has 3 aromatic heterocycles. The predicted octanol–water partition coefficient (Wildman–Crippen LogP) is 6.27. The van der Waals surface area contributed by atoms with Crippen LogP contribution in [0.1, 0.15) is 21.1 Å². The number of methoxy groups -OCH3 is 1. The van der Waals surface area contributed by atoms with Crippen LogP contribution in [0.2, 0.25) is 0 Å². The highest BCUT2D eigenvalue weighted by Crippen LogP contribution is 2.35. The molecule has 0 bridgehead atoms. The lowest BCUT2D eigenvalue weighted by molar-refractivity contribution is -0.137. The first-order chi connectivity index (χ1) is 20.8. The molecule has 2 aromatic carbocycles. The zero-order chi connectivity index (χ0) is 30.0. The van der Waals surface area contributed by atoms with Gasteiger partial charge in [-0.2, -0.15) is 13.2 Å². The van der Waals surface area contributed by atoms with Crippen LogP contribution in [0.3, 0.4) is 0 Å². The molecule has 14 heteroatoms. The van der Waals surface area contributed by atoms with E-state index in [1.165, 1.54) is 29.2 Å². The third-order valence-corrected chi connectivity index (χ3v) is 8.87. The molecule has 222 valence electrons. The fourth-order valence-corrected chi connectivity index (χ4v) is 6.50. The Morgan fingerprint density at radius 3 is 2.60 bits per heavy atom. The third-order valence-electron chi connectivity index (χ3n) is 6.90. The fraction of sp³-hybridized carbons (Fsp3) is 0.241. The number of amides is 1. The number of hydrogen-bond donors (Lipinski definition) is 0. The van der Waals surface area contributed by atoms with Crippen molar-refractivity contribution in [2.75, 3.05) is 38.2 Å². The molecule has 1 saturated heterocycles. The molecule has 0 spiro atoms. The number of carbonyl (C=O) groups is 1. The maximum Gasteiger partial charge on any atom is 0.416 e. The number of para-hydroxylation sites is 2. The minimum atomic E-state index is -4.40.